The van der Waals surface area contributed by atoms with E-state index in [-0.39, 0.29) is 5.82 Å². The van der Waals surface area contributed by atoms with E-state index in [9.17, 15) is 9.59 Å². The summed E-state index contributed by atoms with van der Waals surface area (Å²) in [5.74, 6) is -0.124. The van der Waals surface area contributed by atoms with E-state index in [4.69, 9.17) is 5.73 Å². The maximum absolute atomic E-state index is 11.7. The smallest absolute Gasteiger partial charge is 0.347 e. The van der Waals surface area contributed by atoms with Crippen LogP contribution in [0.2, 0.25) is 0 Å². The molecule has 0 unspecified atom stereocenters. The van der Waals surface area contributed by atoms with Gasteiger partial charge in [-0.25, -0.2) is 9.48 Å². The SMILES string of the molecule is CCCCCCCn1c(=O)c(N)nn(C)c1=O. The first-order chi connectivity index (χ1) is 8.07. The first-order valence-electron chi connectivity index (χ1n) is 6.01. The summed E-state index contributed by atoms with van der Waals surface area (Å²) in [6, 6.07) is 0. The van der Waals surface area contributed by atoms with Gasteiger partial charge in [0.05, 0.1) is 0 Å². The second kappa shape index (κ2) is 6.22. The summed E-state index contributed by atoms with van der Waals surface area (Å²) < 4.78 is 2.26. The van der Waals surface area contributed by atoms with Crippen LogP contribution in [-0.4, -0.2) is 14.3 Å². The average molecular weight is 240 g/mol. The van der Waals surface area contributed by atoms with Gasteiger partial charge in [0.1, 0.15) is 0 Å². The highest BCUT2D eigenvalue weighted by molar-refractivity contribution is 5.20. The van der Waals surface area contributed by atoms with E-state index in [1.54, 1.807) is 0 Å². The lowest BCUT2D eigenvalue weighted by atomic mass is 10.1. The molecule has 0 fully saturated rings. The fourth-order valence-corrected chi connectivity index (χ4v) is 1.72. The normalized spacial score (nSPS) is 10.7. The monoisotopic (exact) mass is 240 g/mol. The van der Waals surface area contributed by atoms with Gasteiger partial charge in [-0.1, -0.05) is 32.6 Å². The molecule has 6 nitrogen and oxygen atoms in total. The zero-order valence-corrected chi connectivity index (χ0v) is 10.5. The molecular formula is C11H20N4O2. The molecule has 0 saturated carbocycles. The number of hydrogen-bond donors (Lipinski definition) is 1. The number of nitrogens with two attached hydrogens (primary N) is 1. The Morgan fingerprint density at radius 2 is 1.82 bits per heavy atom. The summed E-state index contributed by atoms with van der Waals surface area (Å²) in [6.45, 7) is 2.56. The van der Waals surface area contributed by atoms with Crippen LogP contribution in [0.4, 0.5) is 5.82 Å². The molecule has 0 aliphatic rings. The quantitative estimate of drug-likeness (QED) is 0.734. The van der Waals surface area contributed by atoms with Gasteiger partial charge >= 0.3 is 5.69 Å². The molecule has 17 heavy (non-hydrogen) atoms. The van der Waals surface area contributed by atoms with Gasteiger partial charge in [-0.05, 0) is 6.42 Å². The third-order valence-electron chi connectivity index (χ3n) is 2.72. The van der Waals surface area contributed by atoms with Crippen molar-refractivity contribution in [2.75, 3.05) is 5.73 Å². The lowest BCUT2D eigenvalue weighted by molar-refractivity contribution is 0.507. The van der Waals surface area contributed by atoms with Crippen LogP contribution in [0.15, 0.2) is 9.59 Å². The van der Waals surface area contributed by atoms with E-state index in [1.807, 2.05) is 0 Å². The molecule has 0 aromatic carbocycles. The Labute approximate surface area is 100 Å². The number of nitrogen functional groups attached to an aromatic ring is 1. The molecule has 0 bridgehead atoms. The predicted molar refractivity (Wildman–Crippen MR) is 66.9 cm³/mol. The van der Waals surface area contributed by atoms with E-state index < -0.39 is 11.2 Å². The first-order valence-corrected chi connectivity index (χ1v) is 6.01. The van der Waals surface area contributed by atoms with E-state index in [0.29, 0.717) is 6.54 Å². The number of aromatic nitrogens is 3. The molecular weight excluding hydrogens is 220 g/mol. The predicted octanol–water partition coefficient (Wildman–Crippen LogP) is 0.495. The molecule has 0 spiro atoms. The Bertz CT molecular complexity index is 441. The Kier molecular flexibility index (Phi) is 4.93. The van der Waals surface area contributed by atoms with Gasteiger partial charge in [0.25, 0.3) is 5.56 Å². The molecule has 1 aromatic heterocycles. The second-order valence-electron chi connectivity index (χ2n) is 4.16. The maximum atomic E-state index is 11.7. The van der Waals surface area contributed by atoms with Gasteiger partial charge in [0, 0.05) is 13.6 Å². The zero-order valence-electron chi connectivity index (χ0n) is 10.5. The topological polar surface area (TPSA) is 82.9 Å². The van der Waals surface area contributed by atoms with Crippen LogP contribution in [-0.2, 0) is 13.6 Å². The molecule has 1 rings (SSSR count). The minimum atomic E-state index is -0.483. The van der Waals surface area contributed by atoms with Crippen LogP contribution in [0.1, 0.15) is 39.0 Å². The second-order valence-corrected chi connectivity index (χ2v) is 4.16. The maximum Gasteiger partial charge on any atom is 0.347 e. The van der Waals surface area contributed by atoms with E-state index in [1.165, 1.54) is 19.9 Å². The molecule has 0 radical (unpaired) electrons. The van der Waals surface area contributed by atoms with Crippen molar-refractivity contribution in [1.82, 2.24) is 14.3 Å². The summed E-state index contributed by atoms with van der Waals surface area (Å²) in [7, 11) is 1.49. The fraction of sp³-hybridized carbons (Fsp3) is 0.727. The molecule has 0 aliphatic carbocycles. The van der Waals surface area contributed by atoms with Crippen LogP contribution in [0.3, 0.4) is 0 Å². The number of anilines is 1. The van der Waals surface area contributed by atoms with E-state index >= 15 is 0 Å². The fourth-order valence-electron chi connectivity index (χ4n) is 1.72. The molecule has 0 amide bonds. The van der Waals surface area contributed by atoms with E-state index in [0.717, 1.165) is 28.5 Å². The van der Waals surface area contributed by atoms with Crippen LogP contribution in [0, 0.1) is 0 Å². The number of unbranched alkanes of at least 4 members (excludes halogenated alkanes) is 4. The molecule has 1 heterocycles. The van der Waals surface area contributed by atoms with Gasteiger partial charge in [-0.15, -0.1) is 5.10 Å². The van der Waals surface area contributed by atoms with Crippen molar-refractivity contribution in [3.05, 3.63) is 20.8 Å². The molecule has 2 N–H and O–H groups in total. The average Bonchev–Trinajstić information content (AvgIpc) is 2.30. The van der Waals surface area contributed by atoms with Crippen molar-refractivity contribution < 1.29 is 0 Å². The summed E-state index contributed by atoms with van der Waals surface area (Å²) in [5.41, 5.74) is 4.55. The molecule has 1 aromatic rings. The lowest BCUT2D eigenvalue weighted by Crippen LogP contribution is -2.41. The highest BCUT2D eigenvalue weighted by atomic mass is 16.2. The minimum Gasteiger partial charge on any atom is -0.378 e. The van der Waals surface area contributed by atoms with Gasteiger partial charge < -0.3 is 5.73 Å². The highest BCUT2D eigenvalue weighted by Gasteiger charge is 2.07. The molecule has 96 valence electrons. The van der Waals surface area contributed by atoms with Crippen LogP contribution in [0.5, 0.6) is 0 Å². The van der Waals surface area contributed by atoms with Crippen molar-refractivity contribution in [2.24, 2.45) is 7.05 Å². The number of hydrogen-bond acceptors (Lipinski definition) is 4. The molecule has 0 saturated heterocycles. The van der Waals surface area contributed by atoms with Crippen molar-refractivity contribution in [2.45, 2.75) is 45.6 Å². The summed E-state index contributed by atoms with van der Waals surface area (Å²) >= 11 is 0. The lowest BCUT2D eigenvalue weighted by Gasteiger charge is -2.07. The highest BCUT2D eigenvalue weighted by Crippen LogP contribution is 2.02. The van der Waals surface area contributed by atoms with Gasteiger partial charge in [-0.2, -0.15) is 0 Å². The van der Waals surface area contributed by atoms with Gasteiger partial charge in [-0.3, -0.25) is 9.36 Å². The van der Waals surface area contributed by atoms with E-state index in [2.05, 4.69) is 12.0 Å². The number of aryl methyl sites for hydroxylation is 1. The third kappa shape index (κ3) is 3.44. The van der Waals surface area contributed by atoms with Crippen LogP contribution in [0.25, 0.3) is 0 Å². The van der Waals surface area contributed by atoms with Gasteiger partial charge in [0.15, 0.2) is 0 Å². The van der Waals surface area contributed by atoms with Crippen LogP contribution < -0.4 is 17.0 Å². The minimum absolute atomic E-state index is 0.124. The Morgan fingerprint density at radius 1 is 1.18 bits per heavy atom. The Balaban J connectivity index is 2.71. The number of rotatable bonds is 6. The third-order valence-corrected chi connectivity index (χ3v) is 2.72. The number of nitrogens with zero attached hydrogens (tertiary/aromatic N) is 3. The zero-order chi connectivity index (χ0) is 12.8. The van der Waals surface area contributed by atoms with Crippen molar-refractivity contribution in [3.63, 3.8) is 0 Å². The summed E-state index contributed by atoms with van der Waals surface area (Å²) in [4.78, 5) is 23.3. The molecule has 6 heteroatoms. The first kappa shape index (κ1) is 13.5. The summed E-state index contributed by atoms with van der Waals surface area (Å²) in [5, 5.41) is 3.64. The van der Waals surface area contributed by atoms with Crippen LogP contribution >= 0.6 is 0 Å². The van der Waals surface area contributed by atoms with Crippen molar-refractivity contribution in [1.29, 1.82) is 0 Å². The largest absolute Gasteiger partial charge is 0.378 e. The Hall–Kier alpha value is -1.59. The van der Waals surface area contributed by atoms with Crippen molar-refractivity contribution >= 4 is 5.82 Å². The standard InChI is InChI=1S/C11H20N4O2/c1-3-4-5-6-7-8-15-10(16)9(12)13-14(2)11(15)17/h3-8H2,1-2H3,(H2,12,13). The molecule has 0 aliphatic heterocycles. The van der Waals surface area contributed by atoms with Gasteiger partial charge in [0.2, 0.25) is 5.82 Å². The molecule has 0 atom stereocenters. The Morgan fingerprint density at radius 3 is 2.47 bits per heavy atom. The summed E-state index contributed by atoms with van der Waals surface area (Å²) in [6.07, 6.45) is 5.33. The van der Waals surface area contributed by atoms with Crippen molar-refractivity contribution in [3.8, 4) is 0 Å².